The number of nitrogens with zero attached hydrogens (tertiary/aromatic N) is 2. The van der Waals surface area contributed by atoms with Gasteiger partial charge in [-0.15, -0.1) is 0 Å². The number of aromatic nitrogens is 2. The van der Waals surface area contributed by atoms with Gasteiger partial charge in [0.2, 0.25) is 0 Å². The predicted octanol–water partition coefficient (Wildman–Crippen LogP) is 0.564. The lowest BCUT2D eigenvalue weighted by Gasteiger charge is -2.17. The molecule has 1 rings (SSSR count). The average molecular weight is 198 g/mol. The molecule has 0 fully saturated rings. The lowest BCUT2D eigenvalue weighted by Crippen LogP contribution is -2.15. The molecule has 0 saturated carbocycles. The third kappa shape index (κ3) is 2.32. The van der Waals surface area contributed by atoms with Crippen LogP contribution in [0.15, 0.2) is 12.5 Å². The number of imidazole rings is 1. The Morgan fingerprint density at radius 3 is 2.79 bits per heavy atom. The summed E-state index contributed by atoms with van der Waals surface area (Å²) in [5.74, 6) is -1.22. The number of carboxylic acids is 1. The maximum absolute atomic E-state index is 10.4. The molecule has 14 heavy (non-hydrogen) atoms. The van der Waals surface area contributed by atoms with Gasteiger partial charge in [-0.3, -0.25) is 4.79 Å². The second-order valence-corrected chi connectivity index (χ2v) is 3.45. The summed E-state index contributed by atoms with van der Waals surface area (Å²) in [6.07, 6.45) is 2.29. The molecule has 5 heteroatoms. The van der Waals surface area contributed by atoms with Crippen LogP contribution < -0.4 is 0 Å². The van der Waals surface area contributed by atoms with Crippen LogP contribution in [0, 0.1) is 5.92 Å². The Hall–Kier alpha value is -1.36. The van der Waals surface area contributed by atoms with Crippen LogP contribution >= 0.6 is 0 Å². The minimum atomic E-state index is -0.904. The second kappa shape index (κ2) is 4.23. The smallest absolute Gasteiger partial charge is 0.303 e. The van der Waals surface area contributed by atoms with Crippen LogP contribution in [0.1, 0.15) is 25.1 Å². The highest BCUT2D eigenvalue weighted by Crippen LogP contribution is 2.23. The van der Waals surface area contributed by atoms with Crippen LogP contribution in [-0.4, -0.2) is 25.7 Å². The number of aliphatic hydroxyl groups excluding tert-OH is 1. The van der Waals surface area contributed by atoms with Gasteiger partial charge in [0, 0.05) is 7.05 Å². The van der Waals surface area contributed by atoms with E-state index in [2.05, 4.69) is 4.98 Å². The first-order chi connectivity index (χ1) is 6.52. The molecule has 1 aromatic rings. The number of carbonyl (C=O) groups is 1. The zero-order valence-corrected chi connectivity index (χ0v) is 8.21. The van der Waals surface area contributed by atoms with E-state index in [1.165, 1.54) is 0 Å². The molecular formula is C9H14N2O3. The van der Waals surface area contributed by atoms with Crippen LogP contribution in [0.5, 0.6) is 0 Å². The van der Waals surface area contributed by atoms with Crippen molar-refractivity contribution in [3.8, 4) is 0 Å². The minimum Gasteiger partial charge on any atom is -0.481 e. The van der Waals surface area contributed by atoms with Gasteiger partial charge in [-0.2, -0.15) is 0 Å². The Kier molecular flexibility index (Phi) is 3.24. The third-order valence-corrected chi connectivity index (χ3v) is 2.19. The molecule has 2 N–H and O–H groups in total. The normalized spacial score (nSPS) is 15.1. The molecule has 0 aromatic carbocycles. The van der Waals surface area contributed by atoms with Crippen molar-refractivity contribution in [2.75, 3.05) is 0 Å². The number of aryl methyl sites for hydroxylation is 1. The summed E-state index contributed by atoms with van der Waals surface area (Å²) in [5, 5.41) is 18.3. The van der Waals surface area contributed by atoms with Crippen molar-refractivity contribution in [2.45, 2.75) is 19.4 Å². The van der Waals surface area contributed by atoms with Crippen molar-refractivity contribution >= 4 is 5.97 Å². The zero-order valence-electron chi connectivity index (χ0n) is 8.21. The fourth-order valence-corrected chi connectivity index (χ4v) is 1.33. The second-order valence-electron chi connectivity index (χ2n) is 3.45. The number of aliphatic carboxylic acids is 1. The molecule has 0 aliphatic heterocycles. The molecule has 1 heterocycles. The maximum atomic E-state index is 10.4. The molecule has 0 aliphatic rings. The average Bonchev–Trinajstić information content (AvgIpc) is 2.48. The Labute approximate surface area is 82.0 Å². The monoisotopic (exact) mass is 198 g/mol. The Morgan fingerprint density at radius 1 is 1.71 bits per heavy atom. The first-order valence-corrected chi connectivity index (χ1v) is 4.38. The van der Waals surface area contributed by atoms with Gasteiger partial charge in [0.25, 0.3) is 0 Å². The van der Waals surface area contributed by atoms with E-state index >= 15 is 0 Å². The summed E-state index contributed by atoms with van der Waals surface area (Å²) >= 11 is 0. The van der Waals surface area contributed by atoms with Gasteiger partial charge >= 0.3 is 5.97 Å². The van der Waals surface area contributed by atoms with Crippen LogP contribution in [0.3, 0.4) is 0 Å². The van der Waals surface area contributed by atoms with E-state index in [0.717, 1.165) is 0 Å². The van der Waals surface area contributed by atoms with E-state index in [1.807, 2.05) is 0 Å². The summed E-state index contributed by atoms with van der Waals surface area (Å²) in [7, 11) is 1.76. The van der Waals surface area contributed by atoms with Crippen molar-refractivity contribution in [2.24, 2.45) is 13.0 Å². The van der Waals surface area contributed by atoms with Crippen LogP contribution in [0.2, 0.25) is 0 Å². The number of aliphatic hydroxyl groups is 1. The fraction of sp³-hybridized carbons (Fsp3) is 0.556. The molecule has 0 bridgehead atoms. The van der Waals surface area contributed by atoms with Gasteiger partial charge in [0.1, 0.15) is 0 Å². The van der Waals surface area contributed by atoms with Gasteiger partial charge in [-0.05, 0) is 5.92 Å². The van der Waals surface area contributed by atoms with Crippen molar-refractivity contribution in [3.05, 3.63) is 18.2 Å². The lowest BCUT2D eigenvalue weighted by molar-refractivity contribution is -0.139. The van der Waals surface area contributed by atoms with E-state index in [4.69, 9.17) is 5.11 Å². The highest BCUT2D eigenvalue weighted by molar-refractivity contribution is 5.67. The SMILES string of the molecule is CC(CC(=O)O)C(O)c1cncn1C. The maximum Gasteiger partial charge on any atom is 0.303 e. The van der Waals surface area contributed by atoms with Gasteiger partial charge in [-0.1, -0.05) is 6.92 Å². The minimum absolute atomic E-state index is 0.0493. The van der Waals surface area contributed by atoms with E-state index in [1.54, 1.807) is 31.1 Å². The zero-order chi connectivity index (χ0) is 10.7. The lowest BCUT2D eigenvalue weighted by atomic mass is 9.99. The van der Waals surface area contributed by atoms with Crippen molar-refractivity contribution in [1.82, 2.24) is 9.55 Å². The molecule has 0 radical (unpaired) electrons. The molecule has 0 saturated heterocycles. The third-order valence-electron chi connectivity index (χ3n) is 2.19. The topological polar surface area (TPSA) is 75.3 Å². The van der Waals surface area contributed by atoms with E-state index in [0.29, 0.717) is 5.69 Å². The Morgan fingerprint density at radius 2 is 2.36 bits per heavy atom. The van der Waals surface area contributed by atoms with Crippen molar-refractivity contribution in [1.29, 1.82) is 0 Å². The van der Waals surface area contributed by atoms with Gasteiger partial charge < -0.3 is 14.8 Å². The Balaban J connectivity index is 2.70. The van der Waals surface area contributed by atoms with Crippen molar-refractivity contribution in [3.63, 3.8) is 0 Å². The van der Waals surface area contributed by atoms with Gasteiger partial charge in [0.05, 0.1) is 30.7 Å². The predicted molar refractivity (Wildman–Crippen MR) is 49.6 cm³/mol. The van der Waals surface area contributed by atoms with E-state index in [-0.39, 0.29) is 12.3 Å². The summed E-state index contributed by atoms with van der Waals surface area (Å²) in [6, 6.07) is 0. The summed E-state index contributed by atoms with van der Waals surface area (Å²) in [6.45, 7) is 1.70. The summed E-state index contributed by atoms with van der Waals surface area (Å²) in [5.41, 5.74) is 0.638. The largest absolute Gasteiger partial charge is 0.481 e. The van der Waals surface area contributed by atoms with E-state index < -0.39 is 12.1 Å². The van der Waals surface area contributed by atoms with Crippen LogP contribution in [-0.2, 0) is 11.8 Å². The first-order valence-electron chi connectivity index (χ1n) is 4.38. The highest BCUT2D eigenvalue weighted by atomic mass is 16.4. The first kappa shape index (κ1) is 10.7. The number of hydrogen-bond acceptors (Lipinski definition) is 3. The van der Waals surface area contributed by atoms with Crippen molar-refractivity contribution < 1.29 is 15.0 Å². The van der Waals surface area contributed by atoms with Gasteiger partial charge in [0.15, 0.2) is 0 Å². The molecule has 0 spiro atoms. The number of rotatable bonds is 4. The quantitative estimate of drug-likeness (QED) is 0.741. The number of carboxylic acid groups (broad SMARTS) is 1. The molecule has 5 nitrogen and oxygen atoms in total. The fourth-order valence-electron chi connectivity index (χ4n) is 1.33. The summed E-state index contributed by atoms with van der Waals surface area (Å²) < 4.78 is 1.68. The molecule has 1 aromatic heterocycles. The molecule has 0 amide bonds. The molecular weight excluding hydrogens is 184 g/mol. The van der Waals surface area contributed by atoms with Gasteiger partial charge in [-0.25, -0.2) is 4.98 Å². The highest BCUT2D eigenvalue weighted by Gasteiger charge is 2.21. The van der Waals surface area contributed by atoms with Crippen LogP contribution in [0.4, 0.5) is 0 Å². The Bertz CT molecular complexity index is 322. The molecule has 0 aliphatic carbocycles. The molecule has 2 unspecified atom stereocenters. The number of hydrogen-bond donors (Lipinski definition) is 2. The van der Waals surface area contributed by atoms with E-state index in [9.17, 15) is 9.90 Å². The van der Waals surface area contributed by atoms with Crippen LogP contribution in [0.25, 0.3) is 0 Å². The standard InChI is InChI=1S/C9H14N2O3/c1-6(3-8(12)13)9(14)7-4-10-5-11(7)2/h4-6,9,14H,3H2,1-2H3,(H,12,13). The summed E-state index contributed by atoms with van der Waals surface area (Å²) in [4.78, 5) is 14.3. The molecule has 2 atom stereocenters. The molecule has 78 valence electrons.